The van der Waals surface area contributed by atoms with E-state index in [0.29, 0.717) is 29.0 Å². The molecule has 1 aromatic heterocycles. The number of rotatable bonds is 6. The summed E-state index contributed by atoms with van der Waals surface area (Å²) in [6.07, 6.45) is -3.86. The van der Waals surface area contributed by atoms with Gasteiger partial charge in [-0.25, -0.2) is 4.98 Å². The van der Waals surface area contributed by atoms with Crippen LogP contribution in [0.4, 0.5) is 18.9 Å². The van der Waals surface area contributed by atoms with Crippen molar-refractivity contribution in [2.75, 3.05) is 11.1 Å². The van der Waals surface area contributed by atoms with Gasteiger partial charge in [0.2, 0.25) is 5.91 Å². The number of aromatic nitrogens is 2. The molecule has 3 aromatic rings. The van der Waals surface area contributed by atoms with Crippen LogP contribution in [0.2, 0.25) is 5.02 Å². The topological polar surface area (TPSA) is 64.0 Å². The third-order valence-corrected chi connectivity index (χ3v) is 5.48. The highest BCUT2D eigenvalue weighted by Crippen LogP contribution is 2.34. The number of para-hydroxylation sites is 1. The van der Waals surface area contributed by atoms with Gasteiger partial charge in [-0.2, -0.15) is 13.2 Å². The van der Waals surface area contributed by atoms with Gasteiger partial charge in [-0.15, -0.1) is 0 Å². The minimum atomic E-state index is -4.55. The Balaban J connectivity index is 1.80. The van der Waals surface area contributed by atoms with Crippen molar-refractivity contribution in [3.63, 3.8) is 0 Å². The third kappa shape index (κ3) is 4.96. The van der Waals surface area contributed by atoms with Gasteiger partial charge in [-0.3, -0.25) is 14.2 Å². The van der Waals surface area contributed by atoms with Crippen molar-refractivity contribution < 1.29 is 18.0 Å². The summed E-state index contributed by atoms with van der Waals surface area (Å²) in [5.74, 6) is -0.715. The Hall–Kier alpha value is -2.52. The summed E-state index contributed by atoms with van der Waals surface area (Å²) in [7, 11) is 0. The van der Waals surface area contributed by atoms with Crippen LogP contribution in [0.3, 0.4) is 0 Å². The molecule has 0 aliphatic heterocycles. The molecule has 3 rings (SSSR count). The molecule has 0 bridgehead atoms. The molecule has 0 saturated carbocycles. The summed E-state index contributed by atoms with van der Waals surface area (Å²) in [5.41, 5.74) is -0.734. The fourth-order valence-electron chi connectivity index (χ4n) is 2.79. The Bertz CT molecular complexity index is 1150. The first-order chi connectivity index (χ1) is 14.2. The van der Waals surface area contributed by atoms with Crippen LogP contribution >= 0.6 is 23.4 Å². The van der Waals surface area contributed by atoms with Gasteiger partial charge in [-0.1, -0.05) is 42.4 Å². The molecule has 0 saturated heterocycles. The van der Waals surface area contributed by atoms with E-state index in [4.69, 9.17) is 11.6 Å². The molecule has 0 fully saturated rings. The highest BCUT2D eigenvalue weighted by atomic mass is 35.5. The van der Waals surface area contributed by atoms with Crippen LogP contribution in [0.1, 0.15) is 18.9 Å². The number of carbonyl (C=O) groups is 1. The van der Waals surface area contributed by atoms with Gasteiger partial charge in [0.15, 0.2) is 5.16 Å². The first-order valence-electron chi connectivity index (χ1n) is 8.99. The highest BCUT2D eigenvalue weighted by Gasteiger charge is 2.31. The van der Waals surface area contributed by atoms with Crippen molar-refractivity contribution in [1.82, 2.24) is 9.55 Å². The van der Waals surface area contributed by atoms with E-state index in [-0.39, 0.29) is 22.0 Å². The average Bonchev–Trinajstić information content (AvgIpc) is 2.69. The minimum Gasteiger partial charge on any atom is -0.324 e. The van der Waals surface area contributed by atoms with E-state index in [1.165, 1.54) is 4.57 Å². The normalized spacial score (nSPS) is 11.6. The minimum absolute atomic E-state index is 0.00642. The lowest BCUT2D eigenvalue weighted by molar-refractivity contribution is -0.137. The lowest BCUT2D eigenvalue weighted by Crippen LogP contribution is -2.24. The summed E-state index contributed by atoms with van der Waals surface area (Å²) in [4.78, 5) is 29.5. The number of carbonyl (C=O) groups excluding carboxylic acids is 1. The van der Waals surface area contributed by atoms with Crippen molar-refractivity contribution in [1.29, 1.82) is 0 Å². The first-order valence-corrected chi connectivity index (χ1v) is 10.4. The van der Waals surface area contributed by atoms with Crippen molar-refractivity contribution in [2.45, 2.75) is 31.2 Å². The number of nitrogens with zero attached hydrogens (tertiary/aromatic N) is 2. The van der Waals surface area contributed by atoms with Crippen molar-refractivity contribution in [3.05, 3.63) is 63.4 Å². The standard InChI is InChI=1S/C20H17ClF3N3O2S/c1-2-9-27-18(29)13-5-3-4-6-15(13)26-19(27)30-11-17(28)25-16-10-12(20(22,23)24)7-8-14(16)21/h3-8,10H,2,9,11H2,1H3,(H,25,28). The SMILES string of the molecule is CCCn1c(SCC(=O)Nc2cc(C(F)(F)F)ccc2Cl)nc2ccccc2c1=O. The van der Waals surface area contributed by atoms with Crippen molar-refractivity contribution in [2.24, 2.45) is 0 Å². The van der Waals surface area contributed by atoms with Gasteiger partial charge in [0, 0.05) is 6.54 Å². The lowest BCUT2D eigenvalue weighted by atomic mass is 10.2. The quantitative estimate of drug-likeness (QED) is 0.409. The van der Waals surface area contributed by atoms with Crippen LogP contribution in [0.25, 0.3) is 10.9 Å². The Kier molecular flexibility index (Phi) is 6.72. The van der Waals surface area contributed by atoms with Crippen LogP contribution in [-0.4, -0.2) is 21.2 Å². The van der Waals surface area contributed by atoms with Crippen molar-refractivity contribution in [3.8, 4) is 0 Å². The van der Waals surface area contributed by atoms with E-state index >= 15 is 0 Å². The number of amides is 1. The van der Waals surface area contributed by atoms with Crippen LogP contribution in [0.5, 0.6) is 0 Å². The number of benzene rings is 2. The number of hydrogen-bond donors (Lipinski definition) is 1. The number of alkyl halides is 3. The van der Waals surface area contributed by atoms with Gasteiger partial charge in [0.1, 0.15) is 0 Å². The number of halogens is 4. The molecule has 30 heavy (non-hydrogen) atoms. The molecule has 1 N–H and O–H groups in total. The van der Waals surface area contributed by atoms with E-state index < -0.39 is 17.6 Å². The smallest absolute Gasteiger partial charge is 0.324 e. The van der Waals surface area contributed by atoms with E-state index in [1.54, 1.807) is 24.3 Å². The first kappa shape index (κ1) is 22.2. The number of anilines is 1. The van der Waals surface area contributed by atoms with Gasteiger partial charge in [0.25, 0.3) is 5.56 Å². The molecule has 0 aliphatic rings. The summed E-state index contributed by atoms with van der Waals surface area (Å²) in [6.45, 7) is 2.35. The van der Waals surface area contributed by atoms with Crippen LogP contribution in [0, 0.1) is 0 Å². The number of thioether (sulfide) groups is 1. The molecule has 1 heterocycles. The number of hydrogen-bond acceptors (Lipinski definition) is 4. The van der Waals surface area contributed by atoms with Gasteiger partial charge in [-0.05, 0) is 36.8 Å². The molecule has 0 spiro atoms. The van der Waals surface area contributed by atoms with Crippen LogP contribution in [-0.2, 0) is 17.5 Å². The van der Waals surface area contributed by atoms with Crippen LogP contribution < -0.4 is 10.9 Å². The maximum absolute atomic E-state index is 12.9. The summed E-state index contributed by atoms with van der Waals surface area (Å²) in [6, 6.07) is 9.61. The Morgan fingerprint density at radius 1 is 1.23 bits per heavy atom. The second kappa shape index (κ2) is 9.09. The largest absolute Gasteiger partial charge is 0.416 e. The molecule has 0 aliphatic carbocycles. The molecular weight excluding hydrogens is 439 g/mol. The molecular formula is C20H17ClF3N3O2S. The van der Waals surface area contributed by atoms with E-state index in [1.807, 2.05) is 6.92 Å². The Morgan fingerprint density at radius 2 is 1.97 bits per heavy atom. The van der Waals surface area contributed by atoms with Gasteiger partial charge in [0.05, 0.1) is 32.9 Å². The monoisotopic (exact) mass is 455 g/mol. The molecule has 10 heteroatoms. The zero-order valence-electron chi connectivity index (χ0n) is 15.8. The molecule has 0 unspecified atom stereocenters. The molecule has 158 valence electrons. The maximum Gasteiger partial charge on any atom is 0.416 e. The predicted molar refractivity (Wildman–Crippen MR) is 112 cm³/mol. The number of nitrogens with one attached hydrogen (secondary N) is 1. The summed E-state index contributed by atoms with van der Waals surface area (Å²) in [5, 5.41) is 3.23. The predicted octanol–water partition coefficient (Wildman–Crippen LogP) is 5.21. The molecule has 2 aromatic carbocycles. The maximum atomic E-state index is 12.9. The van der Waals surface area contributed by atoms with E-state index in [9.17, 15) is 22.8 Å². The lowest BCUT2D eigenvalue weighted by Gasteiger charge is -2.13. The Labute approximate surface area is 179 Å². The van der Waals surface area contributed by atoms with E-state index in [0.717, 1.165) is 30.0 Å². The molecule has 0 atom stereocenters. The van der Waals surface area contributed by atoms with Gasteiger partial charge < -0.3 is 5.32 Å². The second-order valence-corrected chi connectivity index (χ2v) is 7.75. The zero-order valence-corrected chi connectivity index (χ0v) is 17.4. The van der Waals surface area contributed by atoms with Gasteiger partial charge >= 0.3 is 6.18 Å². The second-order valence-electron chi connectivity index (χ2n) is 6.40. The highest BCUT2D eigenvalue weighted by molar-refractivity contribution is 7.99. The molecule has 5 nitrogen and oxygen atoms in total. The van der Waals surface area contributed by atoms with Crippen molar-refractivity contribution >= 4 is 45.9 Å². The fourth-order valence-corrected chi connectivity index (χ4v) is 3.78. The zero-order chi connectivity index (χ0) is 21.9. The number of fused-ring (bicyclic) bond motifs is 1. The molecule has 1 amide bonds. The summed E-state index contributed by atoms with van der Waals surface area (Å²) >= 11 is 6.95. The molecule has 0 radical (unpaired) electrons. The average molecular weight is 456 g/mol. The third-order valence-electron chi connectivity index (χ3n) is 4.17. The fraction of sp³-hybridized carbons (Fsp3) is 0.250. The summed E-state index contributed by atoms with van der Waals surface area (Å²) < 4.78 is 40.2. The van der Waals surface area contributed by atoms with Crippen LogP contribution in [0.15, 0.2) is 52.4 Å². The Morgan fingerprint density at radius 3 is 2.67 bits per heavy atom. The van der Waals surface area contributed by atoms with E-state index in [2.05, 4.69) is 10.3 Å².